The van der Waals surface area contributed by atoms with Crippen LogP contribution in [0.2, 0.25) is 0 Å². The number of thioether (sulfide) groups is 1. The molecule has 0 aliphatic heterocycles. The molecule has 1 heterocycles. The average molecular weight is 332 g/mol. The van der Waals surface area contributed by atoms with Crippen LogP contribution in [0.15, 0.2) is 42.1 Å². The van der Waals surface area contributed by atoms with Crippen LogP contribution in [0.4, 0.5) is 4.79 Å². The lowest BCUT2D eigenvalue weighted by Gasteiger charge is -2.07. The number of imide groups is 1. The van der Waals surface area contributed by atoms with E-state index in [2.05, 4.69) is 22.2 Å². The van der Waals surface area contributed by atoms with E-state index < -0.39 is 6.03 Å². The molecule has 7 heteroatoms. The zero-order chi connectivity index (χ0) is 16.7. The van der Waals surface area contributed by atoms with E-state index in [0.29, 0.717) is 13.1 Å². The number of imidazole rings is 1. The third kappa shape index (κ3) is 4.59. The third-order valence-electron chi connectivity index (χ3n) is 3.05. The molecule has 2 aromatic rings. The molecule has 3 amide bonds. The molecule has 0 bridgehead atoms. The molecule has 1 aromatic carbocycles. The highest BCUT2D eigenvalue weighted by atomic mass is 32.2. The van der Waals surface area contributed by atoms with Gasteiger partial charge in [0.05, 0.1) is 16.8 Å². The number of carbonyl (C=O) groups is 2. The first-order valence-corrected chi connectivity index (χ1v) is 8.41. The monoisotopic (exact) mass is 332 g/mol. The second-order valence-corrected chi connectivity index (χ2v) is 5.82. The smallest absolute Gasteiger partial charge is 0.321 e. The molecule has 0 saturated carbocycles. The fraction of sp³-hybridized carbons (Fsp3) is 0.312. The first kappa shape index (κ1) is 17.1. The molecule has 0 spiro atoms. The van der Waals surface area contributed by atoms with Crippen LogP contribution < -0.4 is 10.6 Å². The largest absolute Gasteiger partial charge is 0.338 e. The molecule has 0 unspecified atom stereocenters. The predicted octanol–water partition coefficient (Wildman–Crippen LogP) is 2.55. The van der Waals surface area contributed by atoms with Gasteiger partial charge in [0.15, 0.2) is 5.16 Å². The van der Waals surface area contributed by atoms with E-state index in [0.717, 1.165) is 22.6 Å². The molecule has 2 N–H and O–H groups in total. The van der Waals surface area contributed by atoms with Crippen molar-refractivity contribution < 1.29 is 9.59 Å². The van der Waals surface area contributed by atoms with Gasteiger partial charge in [-0.15, -0.1) is 6.58 Å². The number of carbonyl (C=O) groups excluding carboxylic acids is 2. The maximum absolute atomic E-state index is 11.8. The number of rotatable bonds is 7. The molecular formula is C16H20N4O2S. The van der Waals surface area contributed by atoms with E-state index in [-0.39, 0.29) is 11.7 Å². The molecule has 0 atom stereocenters. The van der Waals surface area contributed by atoms with Gasteiger partial charge in [-0.1, -0.05) is 36.9 Å². The van der Waals surface area contributed by atoms with Gasteiger partial charge < -0.3 is 9.88 Å². The summed E-state index contributed by atoms with van der Waals surface area (Å²) in [5.74, 6) is -0.221. The quantitative estimate of drug-likeness (QED) is 0.603. The number of nitrogens with one attached hydrogen (secondary N) is 2. The molecule has 0 radical (unpaired) electrons. The zero-order valence-corrected chi connectivity index (χ0v) is 13.9. The predicted molar refractivity (Wildman–Crippen MR) is 92.5 cm³/mol. The number of para-hydroxylation sites is 2. The minimum atomic E-state index is -0.461. The number of fused-ring (bicyclic) bond motifs is 1. The van der Waals surface area contributed by atoms with Crippen molar-refractivity contribution in [3.8, 4) is 0 Å². The lowest BCUT2D eigenvalue weighted by molar-refractivity contribution is -0.117. The SMILES string of the molecule is C=CCn1c(SCC(=O)NC(=O)NCCC)nc2ccccc21. The normalized spacial score (nSPS) is 10.5. The van der Waals surface area contributed by atoms with Gasteiger partial charge in [-0.05, 0) is 18.6 Å². The summed E-state index contributed by atoms with van der Waals surface area (Å²) in [4.78, 5) is 27.8. The minimum absolute atomic E-state index is 0.125. The van der Waals surface area contributed by atoms with Crippen molar-refractivity contribution >= 4 is 34.7 Å². The van der Waals surface area contributed by atoms with E-state index >= 15 is 0 Å². The van der Waals surface area contributed by atoms with Gasteiger partial charge in [0, 0.05) is 13.1 Å². The number of aromatic nitrogens is 2. The van der Waals surface area contributed by atoms with E-state index in [1.54, 1.807) is 6.08 Å². The highest BCUT2D eigenvalue weighted by molar-refractivity contribution is 7.99. The van der Waals surface area contributed by atoms with Gasteiger partial charge in [-0.2, -0.15) is 0 Å². The fourth-order valence-electron chi connectivity index (χ4n) is 2.04. The molecule has 1 aromatic heterocycles. The highest BCUT2D eigenvalue weighted by Gasteiger charge is 2.13. The zero-order valence-electron chi connectivity index (χ0n) is 13.0. The maximum atomic E-state index is 11.8. The Morgan fingerprint density at radius 3 is 2.91 bits per heavy atom. The Balaban J connectivity index is 2.01. The molecule has 0 saturated heterocycles. The molecular weight excluding hydrogens is 312 g/mol. The summed E-state index contributed by atoms with van der Waals surface area (Å²) in [5, 5.41) is 5.64. The Labute approximate surface area is 139 Å². The van der Waals surface area contributed by atoms with Crippen LogP contribution >= 0.6 is 11.8 Å². The number of nitrogens with zero attached hydrogens (tertiary/aromatic N) is 2. The van der Waals surface area contributed by atoms with Crippen molar-refractivity contribution in [3.05, 3.63) is 36.9 Å². The van der Waals surface area contributed by atoms with Gasteiger partial charge in [-0.25, -0.2) is 9.78 Å². The summed E-state index contributed by atoms with van der Waals surface area (Å²) in [6.45, 7) is 6.86. The molecule has 122 valence electrons. The Hall–Kier alpha value is -2.28. The summed E-state index contributed by atoms with van der Waals surface area (Å²) in [6.07, 6.45) is 2.61. The Morgan fingerprint density at radius 1 is 1.39 bits per heavy atom. The van der Waals surface area contributed by atoms with Crippen molar-refractivity contribution in [1.29, 1.82) is 0 Å². The van der Waals surface area contributed by atoms with Crippen molar-refractivity contribution in [3.63, 3.8) is 0 Å². The summed E-state index contributed by atoms with van der Waals surface area (Å²) in [5.41, 5.74) is 1.87. The van der Waals surface area contributed by atoms with Crippen LogP contribution in [0.1, 0.15) is 13.3 Å². The van der Waals surface area contributed by atoms with Crippen LogP contribution in [0.3, 0.4) is 0 Å². The van der Waals surface area contributed by atoms with Crippen molar-refractivity contribution in [2.45, 2.75) is 25.0 Å². The van der Waals surface area contributed by atoms with Gasteiger partial charge in [0.25, 0.3) is 0 Å². The van der Waals surface area contributed by atoms with Gasteiger partial charge in [0.2, 0.25) is 5.91 Å². The van der Waals surface area contributed by atoms with E-state index in [1.807, 2.05) is 35.8 Å². The Morgan fingerprint density at radius 2 is 2.17 bits per heavy atom. The summed E-state index contributed by atoms with van der Waals surface area (Å²) >= 11 is 1.30. The van der Waals surface area contributed by atoms with Crippen molar-refractivity contribution in [1.82, 2.24) is 20.2 Å². The minimum Gasteiger partial charge on any atom is -0.338 e. The first-order chi connectivity index (χ1) is 11.2. The standard InChI is InChI=1S/C16H20N4O2S/c1-3-9-17-15(22)19-14(21)11-23-16-18-12-7-5-6-8-13(12)20(16)10-4-2/h4-8H,2-3,9-11H2,1H3,(H2,17,19,21,22). The van der Waals surface area contributed by atoms with Crippen LogP contribution in [-0.2, 0) is 11.3 Å². The molecule has 0 fully saturated rings. The summed E-state index contributed by atoms with van der Waals surface area (Å²) in [7, 11) is 0. The molecule has 23 heavy (non-hydrogen) atoms. The molecule has 0 aliphatic carbocycles. The number of hydrogen-bond donors (Lipinski definition) is 2. The van der Waals surface area contributed by atoms with Crippen LogP contribution in [0.5, 0.6) is 0 Å². The van der Waals surface area contributed by atoms with Crippen molar-refractivity contribution in [2.24, 2.45) is 0 Å². The van der Waals surface area contributed by atoms with Crippen molar-refractivity contribution in [2.75, 3.05) is 12.3 Å². The fourth-order valence-corrected chi connectivity index (χ4v) is 2.87. The number of hydrogen-bond acceptors (Lipinski definition) is 4. The van der Waals surface area contributed by atoms with Crippen LogP contribution in [0, 0.1) is 0 Å². The molecule has 2 rings (SSSR count). The Bertz CT molecular complexity index is 711. The Kier molecular flexibility index (Phi) is 6.22. The number of amides is 3. The molecule has 6 nitrogen and oxygen atoms in total. The molecule has 0 aliphatic rings. The second-order valence-electron chi connectivity index (χ2n) is 4.88. The number of allylic oxidation sites excluding steroid dienone is 1. The lowest BCUT2D eigenvalue weighted by Crippen LogP contribution is -2.40. The summed E-state index contributed by atoms with van der Waals surface area (Å²) < 4.78 is 2.00. The third-order valence-corrected chi connectivity index (χ3v) is 4.03. The second kappa shape index (κ2) is 8.38. The summed E-state index contributed by atoms with van der Waals surface area (Å²) in [6, 6.07) is 7.32. The van der Waals surface area contributed by atoms with Gasteiger partial charge in [0.1, 0.15) is 0 Å². The number of benzene rings is 1. The highest BCUT2D eigenvalue weighted by Crippen LogP contribution is 2.23. The van der Waals surface area contributed by atoms with E-state index in [4.69, 9.17) is 0 Å². The van der Waals surface area contributed by atoms with E-state index in [9.17, 15) is 9.59 Å². The maximum Gasteiger partial charge on any atom is 0.321 e. The van der Waals surface area contributed by atoms with Gasteiger partial charge in [-0.3, -0.25) is 10.1 Å². The first-order valence-electron chi connectivity index (χ1n) is 7.42. The number of urea groups is 1. The lowest BCUT2D eigenvalue weighted by atomic mass is 10.3. The van der Waals surface area contributed by atoms with Crippen LogP contribution in [0.25, 0.3) is 11.0 Å². The van der Waals surface area contributed by atoms with E-state index in [1.165, 1.54) is 11.8 Å². The van der Waals surface area contributed by atoms with Gasteiger partial charge >= 0.3 is 6.03 Å². The van der Waals surface area contributed by atoms with Crippen LogP contribution in [-0.4, -0.2) is 33.8 Å². The topological polar surface area (TPSA) is 76.0 Å². The average Bonchev–Trinajstić information content (AvgIpc) is 2.89.